The normalized spacial score (nSPS) is 11.3. The van der Waals surface area contributed by atoms with E-state index in [0.29, 0.717) is 18.7 Å². The van der Waals surface area contributed by atoms with E-state index >= 15 is 0 Å². The highest BCUT2D eigenvalue weighted by atomic mass is 19.4. The van der Waals surface area contributed by atoms with Crippen LogP contribution in [0.3, 0.4) is 0 Å². The Morgan fingerprint density at radius 3 is 2.41 bits per heavy atom. The van der Waals surface area contributed by atoms with Crippen LogP contribution in [0.5, 0.6) is 0 Å². The Labute approximate surface area is 166 Å². The number of anilines is 1. The second kappa shape index (κ2) is 10.1. The Bertz CT molecular complexity index is 832. The summed E-state index contributed by atoms with van der Waals surface area (Å²) >= 11 is 0. The highest BCUT2D eigenvalue weighted by Gasteiger charge is 2.27. The monoisotopic (exact) mass is 412 g/mol. The predicted molar refractivity (Wildman–Crippen MR) is 101 cm³/mol. The molecule has 2 amide bonds. The summed E-state index contributed by atoms with van der Waals surface area (Å²) in [6, 6.07) is 5.97. The van der Waals surface area contributed by atoms with Crippen LogP contribution in [0.15, 0.2) is 30.5 Å². The topological polar surface area (TPSA) is 85.3 Å². The molecule has 10 heteroatoms. The minimum Gasteiger partial charge on any atom is -0.367 e. The van der Waals surface area contributed by atoms with Gasteiger partial charge in [0.25, 0.3) is 11.8 Å². The average molecular weight is 412 g/mol. The molecule has 0 atom stereocenters. The molecule has 0 aliphatic rings. The number of halogens is 3. The van der Waals surface area contributed by atoms with Crippen LogP contribution >= 0.6 is 0 Å². The lowest BCUT2D eigenvalue weighted by atomic mass is 10.1. The number of amides is 2. The van der Waals surface area contributed by atoms with E-state index in [1.165, 1.54) is 28.9 Å². The minimum absolute atomic E-state index is 0.117. The van der Waals surface area contributed by atoms with Crippen molar-refractivity contribution in [2.45, 2.75) is 39.6 Å². The van der Waals surface area contributed by atoms with Crippen LogP contribution in [-0.4, -0.2) is 40.9 Å². The smallest absolute Gasteiger partial charge is 0.367 e. The van der Waals surface area contributed by atoms with Crippen molar-refractivity contribution < 1.29 is 27.5 Å². The first-order valence-corrected chi connectivity index (χ1v) is 9.14. The Balaban J connectivity index is 2.04. The van der Waals surface area contributed by atoms with E-state index in [1.807, 2.05) is 13.8 Å². The number of nitrogens with zero attached hydrogens (tertiary/aromatic N) is 2. The van der Waals surface area contributed by atoms with Gasteiger partial charge in [-0.3, -0.25) is 14.3 Å². The van der Waals surface area contributed by atoms with Gasteiger partial charge >= 0.3 is 6.18 Å². The molecule has 0 fully saturated rings. The summed E-state index contributed by atoms with van der Waals surface area (Å²) in [7, 11) is 0. The molecule has 1 aromatic heterocycles. The van der Waals surface area contributed by atoms with Gasteiger partial charge < -0.3 is 15.4 Å². The quantitative estimate of drug-likeness (QED) is 0.661. The molecule has 2 aromatic rings. The molecule has 0 saturated carbocycles. The zero-order valence-electron chi connectivity index (χ0n) is 16.2. The summed E-state index contributed by atoms with van der Waals surface area (Å²) in [5, 5.41) is 9.55. The van der Waals surface area contributed by atoms with Gasteiger partial charge in [0.2, 0.25) is 0 Å². The van der Waals surface area contributed by atoms with Crippen LogP contribution in [0.2, 0.25) is 0 Å². The first-order chi connectivity index (χ1) is 13.7. The van der Waals surface area contributed by atoms with Crippen LogP contribution in [0.4, 0.5) is 18.9 Å². The summed E-state index contributed by atoms with van der Waals surface area (Å²) in [5.41, 5.74) is 1.19. The fourth-order valence-electron chi connectivity index (χ4n) is 2.40. The van der Waals surface area contributed by atoms with E-state index in [9.17, 15) is 22.8 Å². The zero-order valence-corrected chi connectivity index (χ0v) is 16.2. The number of rotatable bonds is 9. The number of carbonyl (C=O) groups is 2. The third-order valence-electron chi connectivity index (χ3n) is 3.84. The summed E-state index contributed by atoms with van der Waals surface area (Å²) in [5.74, 6) is -0.848. The lowest BCUT2D eigenvalue weighted by Gasteiger charge is -2.09. The van der Waals surface area contributed by atoms with Crippen molar-refractivity contribution in [2.24, 2.45) is 0 Å². The SMILES string of the molecule is CCCNC(=O)c1nn(CC)cc1NC(=O)c1ccc(COCC(F)(F)F)cc1. The summed E-state index contributed by atoms with van der Waals surface area (Å²) in [6.45, 7) is 3.24. The van der Waals surface area contributed by atoms with E-state index in [0.717, 1.165) is 6.42 Å². The Hall–Kier alpha value is -2.88. The fraction of sp³-hybridized carbons (Fsp3) is 0.421. The number of nitrogens with one attached hydrogen (secondary N) is 2. The molecule has 2 N–H and O–H groups in total. The number of benzene rings is 1. The predicted octanol–water partition coefficient (Wildman–Crippen LogP) is 3.37. The minimum atomic E-state index is -4.39. The van der Waals surface area contributed by atoms with Gasteiger partial charge in [0.05, 0.1) is 12.3 Å². The van der Waals surface area contributed by atoms with Gasteiger partial charge in [0.1, 0.15) is 6.61 Å². The number of hydrogen-bond acceptors (Lipinski definition) is 4. The third-order valence-corrected chi connectivity index (χ3v) is 3.84. The molecule has 158 valence electrons. The lowest BCUT2D eigenvalue weighted by molar-refractivity contribution is -0.176. The number of aryl methyl sites for hydroxylation is 1. The molecule has 7 nitrogen and oxygen atoms in total. The van der Waals surface area contributed by atoms with Crippen LogP contribution < -0.4 is 10.6 Å². The van der Waals surface area contributed by atoms with Crippen LogP contribution in [0, 0.1) is 0 Å². The molecule has 2 rings (SSSR count). The van der Waals surface area contributed by atoms with Gasteiger partial charge in [0.15, 0.2) is 5.69 Å². The van der Waals surface area contributed by atoms with Crippen LogP contribution in [-0.2, 0) is 17.9 Å². The average Bonchev–Trinajstić information content (AvgIpc) is 3.08. The maximum absolute atomic E-state index is 12.5. The van der Waals surface area contributed by atoms with E-state index in [4.69, 9.17) is 0 Å². The van der Waals surface area contributed by atoms with Gasteiger partial charge in [-0.1, -0.05) is 19.1 Å². The van der Waals surface area contributed by atoms with E-state index < -0.39 is 18.7 Å². The van der Waals surface area contributed by atoms with Crippen molar-refractivity contribution >= 4 is 17.5 Å². The van der Waals surface area contributed by atoms with Crippen LogP contribution in [0.1, 0.15) is 46.7 Å². The number of ether oxygens (including phenoxy) is 1. The highest BCUT2D eigenvalue weighted by Crippen LogP contribution is 2.17. The molecule has 29 heavy (non-hydrogen) atoms. The highest BCUT2D eigenvalue weighted by molar-refractivity contribution is 6.08. The molecule has 1 aromatic carbocycles. The molecular weight excluding hydrogens is 389 g/mol. The molecule has 0 aliphatic heterocycles. The Kier molecular flexibility index (Phi) is 7.77. The first kappa shape index (κ1) is 22.4. The van der Waals surface area contributed by atoms with Crippen molar-refractivity contribution in [1.29, 1.82) is 0 Å². The maximum atomic E-state index is 12.5. The van der Waals surface area contributed by atoms with E-state index in [2.05, 4.69) is 20.5 Å². The molecule has 0 bridgehead atoms. The largest absolute Gasteiger partial charge is 0.411 e. The summed E-state index contributed by atoms with van der Waals surface area (Å²) in [6.07, 6.45) is -2.05. The zero-order chi connectivity index (χ0) is 21.4. The number of alkyl halides is 3. The summed E-state index contributed by atoms with van der Waals surface area (Å²) < 4.78 is 42.5. The van der Waals surface area contributed by atoms with Gasteiger partial charge in [-0.2, -0.15) is 18.3 Å². The molecule has 0 aliphatic carbocycles. The van der Waals surface area contributed by atoms with Crippen molar-refractivity contribution in [3.8, 4) is 0 Å². The first-order valence-electron chi connectivity index (χ1n) is 9.14. The molecule has 1 heterocycles. The third kappa shape index (κ3) is 6.90. The van der Waals surface area contributed by atoms with Gasteiger partial charge in [-0.15, -0.1) is 0 Å². The van der Waals surface area contributed by atoms with Crippen LogP contribution in [0.25, 0.3) is 0 Å². The van der Waals surface area contributed by atoms with Gasteiger partial charge in [-0.05, 0) is 31.0 Å². The fourth-order valence-corrected chi connectivity index (χ4v) is 2.40. The van der Waals surface area contributed by atoms with Crippen molar-refractivity contribution in [1.82, 2.24) is 15.1 Å². The van der Waals surface area contributed by atoms with E-state index in [-0.39, 0.29) is 29.5 Å². The molecule has 0 saturated heterocycles. The van der Waals surface area contributed by atoms with Gasteiger partial charge in [0, 0.05) is 24.8 Å². The Morgan fingerprint density at radius 1 is 1.14 bits per heavy atom. The van der Waals surface area contributed by atoms with Crippen molar-refractivity contribution in [3.05, 3.63) is 47.3 Å². The molecule has 0 radical (unpaired) electrons. The van der Waals surface area contributed by atoms with E-state index in [1.54, 1.807) is 6.20 Å². The summed E-state index contributed by atoms with van der Waals surface area (Å²) in [4.78, 5) is 24.8. The second-order valence-electron chi connectivity index (χ2n) is 6.26. The number of aromatic nitrogens is 2. The number of carbonyl (C=O) groups excluding carboxylic acids is 2. The van der Waals surface area contributed by atoms with Crippen molar-refractivity contribution in [2.75, 3.05) is 18.5 Å². The molecule has 0 spiro atoms. The lowest BCUT2D eigenvalue weighted by Crippen LogP contribution is -2.26. The van der Waals surface area contributed by atoms with Crippen molar-refractivity contribution in [3.63, 3.8) is 0 Å². The van der Waals surface area contributed by atoms with Gasteiger partial charge in [-0.25, -0.2) is 0 Å². The molecular formula is C19H23F3N4O3. The number of hydrogen-bond donors (Lipinski definition) is 2. The Morgan fingerprint density at radius 2 is 1.83 bits per heavy atom. The molecule has 0 unspecified atom stereocenters. The second-order valence-corrected chi connectivity index (χ2v) is 6.26. The standard InChI is InChI=1S/C19H23F3N4O3/c1-3-9-23-18(28)16-15(10-26(4-2)25-16)24-17(27)14-7-5-13(6-8-14)11-29-12-19(20,21)22/h5-8,10H,3-4,9,11-12H2,1-2H3,(H,23,28)(H,24,27). The maximum Gasteiger partial charge on any atom is 0.411 e.